The second-order valence-corrected chi connectivity index (χ2v) is 12.8. The molecule has 0 fully saturated rings. The van der Waals surface area contributed by atoms with Gasteiger partial charge in [-0.2, -0.15) is 0 Å². The first-order valence-corrected chi connectivity index (χ1v) is 12.1. The number of rotatable bonds is 10. The second kappa shape index (κ2) is 10.7. The lowest BCUT2D eigenvalue weighted by molar-refractivity contribution is -0.142. The van der Waals surface area contributed by atoms with E-state index in [0.717, 1.165) is 10.4 Å². The highest BCUT2D eigenvalue weighted by atomic mass is 28.4. The summed E-state index contributed by atoms with van der Waals surface area (Å²) in [5.41, 5.74) is 0. The Morgan fingerprint density at radius 3 is 1.87 bits per heavy atom. The van der Waals surface area contributed by atoms with E-state index in [1.807, 2.05) is 36.4 Å². The molecule has 30 heavy (non-hydrogen) atoms. The van der Waals surface area contributed by atoms with E-state index in [1.165, 1.54) is 7.11 Å². The number of aliphatic hydroxyl groups is 1. The fraction of sp³-hybridized carbons (Fsp3) is 0.417. The van der Waals surface area contributed by atoms with Gasteiger partial charge in [0.1, 0.15) is 5.78 Å². The van der Waals surface area contributed by atoms with Crippen LogP contribution in [0.1, 0.15) is 40.0 Å². The number of carbonyl (C=O) groups is 2. The number of hydrogen-bond donors (Lipinski definition) is 1. The molecule has 0 saturated carbocycles. The third-order valence-electron chi connectivity index (χ3n) is 5.21. The Labute approximate surface area is 180 Å². The van der Waals surface area contributed by atoms with Crippen molar-refractivity contribution in [1.29, 1.82) is 0 Å². The Morgan fingerprint density at radius 1 is 0.933 bits per heavy atom. The maximum Gasteiger partial charge on any atom is 0.305 e. The average Bonchev–Trinajstić information content (AvgIpc) is 2.73. The van der Waals surface area contributed by atoms with Gasteiger partial charge >= 0.3 is 5.97 Å². The molecule has 162 valence electrons. The van der Waals surface area contributed by atoms with Crippen LogP contribution in [0.5, 0.6) is 0 Å². The van der Waals surface area contributed by atoms with Crippen molar-refractivity contribution in [3.63, 3.8) is 0 Å². The SMILES string of the molecule is COC(=O)CCC(=O)C[C@@H](O)CO[Si](c1ccccc1)(c1ccccc1)C(C)(C)C. The Kier molecular flexibility index (Phi) is 8.52. The predicted molar refractivity (Wildman–Crippen MR) is 120 cm³/mol. The van der Waals surface area contributed by atoms with Crippen LogP contribution in [0.4, 0.5) is 0 Å². The van der Waals surface area contributed by atoms with Gasteiger partial charge in [0.05, 0.1) is 26.2 Å². The van der Waals surface area contributed by atoms with E-state index in [4.69, 9.17) is 4.43 Å². The molecule has 0 bridgehead atoms. The maximum atomic E-state index is 12.1. The van der Waals surface area contributed by atoms with E-state index < -0.39 is 20.4 Å². The number of methoxy groups -OCH3 is 1. The molecule has 1 atom stereocenters. The molecule has 0 saturated heterocycles. The number of benzene rings is 2. The summed E-state index contributed by atoms with van der Waals surface area (Å²) in [4.78, 5) is 23.4. The zero-order valence-corrected chi connectivity index (χ0v) is 19.3. The molecular weight excluding hydrogens is 396 g/mol. The summed E-state index contributed by atoms with van der Waals surface area (Å²) < 4.78 is 11.2. The molecule has 2 aromatic rings. The van der Waals surface area contributed by atoms with Gasteiger partial charge < -0.3 is 14.3 Å². The van der Waals surface area contributed by atoms with Gasteiger partial charge in [-0.1, -0.05) is 81.4 Å². The minimum atomic E-state index is -2.75. The van der Waals surface area contributed by atoms with E-state index in [0.29, 0.717) is 0 Å². The van der Waals surface area contributed by atoms with Crippen molar-refractivity contribution in [3.8, 4) is 0 Å². The summed E-state index contributed by atoms with van der Waals surface area (Å²) in [7, 11) is -1.46. The van der Waals surface area contributed by atoms with Crippen molar-refractivity contribution in [2.45, 2.75) is 51.2 Å². The van der Waals surface area contributed by atoms with E-state index >= 15 is 0 Å². The third-order valence-corrected chi connectivity index (χ3v) is 10.2. The molecule has 0 aliphatic heterocycles. The highest BCUT2D eigenvalue weighted by Crippen LogP contribution is 2.36. The molecular formula is C24H32O5Si. The van der Waals surface area contributed by atoms with Crippen molar-refractivity contribution >= 4 is 30.4 Å². The normalized spacial score (nSPS) is 13.0. The van der Waals surface area contributed by atoms with E-state index in [9.17, 15) is 14.7 Å². The quantitative estimate of drug-likeness (QED) is 0.465. The van der Waals surface area contributed by atoms with Crippen LogP contribution in [0.2, 0.25) is 5.04 Å². The van der Waals surface area contributed by atoms with Crippen molar-refractivity contribution in [1.82, 2.24) is 0 Å². The minimum Gasteiger partial charge on any atom is -0.469 e. The van der Waals surface area contributed by atoms with Gasteiger partial charge in [0.2, 0.25) is 0 Å². The lowest BCUT2D eigenvalue weighted by Gasteiger charge is -2.43. The molecule has 2 aromatic carbocycles. The molecule has 0 unspecified atom stereocenters. The van der Waals surface area contributed by atoms with Crippen LogP contribution in [0.3, 0.4) is 0 Å². The average molecular weight is 429 g/mol. The van der Waals surface area contributed by atoms with Crippen LogP contribution in [0, 0.1) is 0 Å². The number of Topliss-reactive ketones (excluding diaryl/α,β-unsaturated/α-hetero) is 1. The van der Waals surface area contributed by atoms with Gasteiger partial charge in [0.25, 0.3) is 8.32 Å². The minimum absolute atomic E-state index is 0.0254. The Bertz CT molecular complexity index is 775. The van der Waals surface area contributed by atoms with Crippen molar-refractivity contribution < 1.29 is 23.9 Å². The predicted octanol–water partition coefficient (Wildman–Crippen LogP) is 2.84. The highest BCUT2D eigenvalue weighted by molar-refractivity contribution is 6.99. The highest BCUT2D eigenvalue weighted by Gasteiger charge is 2.50. The van der Waals surface area contributed by atoms with E-state index in [-0.39, 0.29) is 36.7 Å². The molecule has 0 aromatic heterocycles. The lowest BCUT2D eigenvalue weighted by Crippen LogP contribution is -2.67. The zero-order chi connectivity index (χ0) is 22.2. The molecule has 0 radical (unpaired) electrons. The summed E-state index contributed by atoms with van der Waals surface area (Å²) in [6.45, 7) is 6.53. The van der Waals surface area contributed by atoms with Crippen molar-refractivity contribution in [2.24, 2.45) is 0 Å². The lowest BCUT2D eigenvalue weighted by atomic mass is 10.1. The molecule has 0 aliphatic carbocycles. The summed E-state index contributed by atoms with van der Waals surface area (Å²) in [6, 6.07) is 20.3. The van der Waals surface area contributed by atoms with Crippen molar-refractivity contribution in [2.75, 3.05) is 13.7 Å². The number of hydrogen-bond acceptors (Lipinski definition) is 5. The molecule has 0 aliphatic rings. The van der Waals surface area contributed by atoms with Gasteiger partial charge in [-0.15, -0.1) is 0 Å². The van der Waals surface area contributed by atoms with Crippen LogP contribution >= 0.6 is 0 Å². The standard InChI is InChI=1S/C24H32O5Si/c1-24(2,3)30(21-11-7-5-8-12-21,22-13-9-6-10-14-22)29-18-20(26)17-19(25)15-16-23(27)28-4/h5-14,20,26H,15-18H2,1-4H3/t20-/m1/s1. The Morgan fingerprint density at radius 2 is 1.43 bits per heavy atom. The monoisotopic (exact) mass is 428 g/mol. The fourth-order valence-corrected chi connectivity index (χ4v) is 8.35. The molecule has 6 heteroatoms. The second-order valence-electron chi connectivity index (χ2n) is 8.45. The summed E-state index contributed by atoms with van der Waals surface area (Å²) in [5, 5.41) is 12.6. The number of carbonyl (C=O) groups excluding carboxylic acids is 2. The molecule has 1 N–H and O–H groups in total. The van der Waals surface area contributed by atoms with Crippen molar-refractivity contribution in [3.05, 3.63) is 60.7 Å². The molecule has 2 rings (SSSR count). The molecule has 0 amide bonds. The largest absolute Gasteiger partial charge is 0.469 e. The number of aliphatic hydroxyl groups excluding tert-OH is 1. The van der Waals surface area contributed by atoms with E-state index in [1.54, 1.807) is 0 Å². The van der Waals surface area contributed by atoms with Gasteiger partial charge in [0.15, 0.2) is 0 Å². The summed E-state index contributed by atoms with van der Waals surface area (Å²) >= 11 is 0. The fourth-order valence-electron chi connectivity index (χ4n) is 3.75. The molecule has 0 spiro atoms. The van der Waals surface area contributed by atoms with Crippen LogP contribution in [0.15, 0.2) is 60.7 Å². The molecule has 5 nitrogen and oxygen atoms in total. The number of ether oxygens (including phenoxy) is 1. The maximum absolute atomic E-state index is 12.1. The molecule has 0 heterocycles. The first-order chi connectivity index (χ1) is 14.2. The van der Waals surface area contributed by atoms with Crippen LogP contribution in [-0.2, 0) is 18.8 Å². The van der Waals surface area contributed by atoms with Gasteiger partial charge in [0, 0.05) is 12.8 Å². The van der Waals surface area contributed by atoms with Crippen LogP contribution in [-0.4, -0.2) is 45.0 Å². The van der Waals surface area contributed by atoms with Gasteiger partial charge in [-0.25, -0.2) is 0 Å². The van der Waals surface area contributed by atoms with Gasteiger partial charge in [-0.3, -0.25) is 9.59 Å². The smallest absolute Gasteiger partial charge is 0.305 e. The van der Waals surface area contributed by atoms with Crippen LogP contribution < -0.4 is 10.4 Å². The Balaban J connectivity index is 2.24. The first-order valence-electron chi connectivity index (χ1n) is 10.2. The zero-order valence-electron chi connectivity index (χ0n) is 18.3. The third kappa shape index (κ3) is 5.87. The van der Waals surface area contributed by atoms with E-state index in [2.05, 4.69) is 49.8 Å². The number of esters is 1. The topological polar surface area (TPSA) is 72.8 Å². The number of ketones is 1. The summed E-state index contributed by atoms with van der Waals surface area (Å²) in [5.74, 6) is -0.611. The Hall–Kier alpha value is -2.28. The van der Waals surface area contributed by atoms with Crippen LogP contribution in [0.25, 0.3) is 0 Å². The first kappa shape index (κ1) is 24.0. The van der Waals surface area contributed by atoms with Gasteiger partial charge in [-0.05, 0) is 15.4 Å². The summed E-state index contributed by atoms with van der Waals surface area (Å²) in [6.07, 6.45) is -0.896.